The van der Waals surface area contributed by atoms with Crippen molar-refractivity contribution in [2.24, 2.45) is 5.92 Å². The number of nitrogens with zero attached hydrogens (tertiary/aromatic N) is 1. The van der Waals surface area contributed by atoms with Gasteiger partial charge in [0.2, 0.25) is 0 Å². The quantitative estimate of drug-likeness (QED) is 0.708. The van der Waals surface area contributed by atoms with Crippen molar-refractivity contribution >= 4 is 6.09 Å². The van der Waals surface area contributed by atoms with Gasteiger partial charge in [-0.1, -0.05) is 26.2 Å². The van der Waals surface area contributed by atoms with Crippen LogP contribution >= 0.6 is 0 Å². The molecule has 0 aromatic carbocycles. The highest BCUT2D eigenvalue weighted by molar-refractivity contribution is 5.69. The SMILES string of the molecule is CCCCCC1CC2CC(C2)N1C(=O)OC(C)(C)C. The maximum Gasteiger partial charge on any atom is 0.410 e. The van der Waals surface area contributed by atoms with Crippen molar-refractivity contribution in [3.63, 3.8) is 0 Å². The number of carbonyl (C=O) groups excluding carboxylic acids is 1. The van der Waals surface area contributed by atoms with Gasteiger partial charge in [0, 0.05) is 12.1 Å². The van der Waals surface area contributed by atoms with Crippen LogP contribution in [0.1, 0.15) is 72.6 Å². The minimum Gasteiger partial charge on any atom is -0.444 e. The number of unbranched alkanes of at least 4 members (excludes halogenated alkanes) is 2. The summed E-state index contributed by atoms with van der Waals surface area (Å²) in [4.78, 5) is 14.5. The first-order valence-corrected chi connectivity index (χ1v) is 7.92. The van der Waals surface area contributed by atoms with E-state index in [0.717, 1.165) is 12.3 Å². The van der Waals surface area contributed by atoms with Crippen LogP contribution in [0.2, 0.25) is 0 Å². The molecule has 1 unspecified atom stereocenters. The fourth-order valence-corrected chi connectivity index (χ4v) is 3.42. The highest BCUT2D eigenvalue weighted by Gasteiger charge is 2.47. The van der Waals surface area contributed by atoms with Gasteiger partial charge in [-0.05, 0) is 52.4 Å². The standard InChI is InChI=1S/C16H29NO2/c1-5-6-7-8-13-9-12-10-14(11-12)17(13)15(18)19-16(2,3)4/h12-14H,5-11H2,1-4H3. The highest BCUT2D eigenvalue weighted by Crippen LogP contribution is 2.44. The summed E-state index contributed by atoms with van der Waals surface area (Å²) < 4.78 is 5.60. The fourth-order valence-electron chi connectivity index (χ4n) is 3.42. The third-order valence-electron chi connectivity index (χ3n) is 4.35. The topological polar surface area (TPSA) is 29.5 Å². The molecule has 3 fully saturated rings. The van der Waals surface area contributed by atoms with E-state index in [1.54, 1.807) is 0 Å². The summed E-state index contributed by atoms with van der Waals surface area (Å²) in [6.45, 7) is 8.07. The van der Waals surface area contributed by atoms with E-state index >= 15 is 0 Å². The second-order valence-corrected chi connectivity index (χ2v) is 7.26. The molecule has 110 valence electrons. The molecule has 0 aromatic heterocycles. The fraction of sp³-hybridized carbons (Fsp3) is 0.938. The number of carbonyl (C=O) groups is 1. The van der Waals surface area contributed by atoms with Crippen molar-refractivity contribution in [3.8, 4) is 0 Å². The van der Waals surface area contributed by atoms with Gasteiger partial charge in [0.1, 0.15) is 5.60 Å². The molecule has 0 aromatic rings. The summed E-state index contributed by atoms with van der Waals surface area (Å²) in [6, 6.07) is 0.888. The molecule has 1 amide bonds. The first-order chi connectivity index (χ1) is 8.90. The zero-order valence-corrected chi connectivity index (χ0v) is 12.9. The maximum absolute atomic E-state index is 12.4. The summed E-state index contributed by atoms with van der Waals surface area (Å²) in [5, 5.41) is 0. The minimum atomic E-state index is -0.383. The molecular weight excluding hydrogens is 238 g/mol. The summed E-state index contributed by atoms with van der Waals surface area (Å²) in [6.07, 6.45) is 8.41. The number of ether oxygens (including phenoxy) is 1. The molecule has 0 radical (unpaired) electrons. The molecule has 3 heteroatoms. The largest absolute Gasteiger partial charge is 0.444 e. The van der Waals surface area contributed by atoms with Crippen LogP contribution < -0.4 is 0 Å². The van der Waals surface area contributed by atoms with E-state index < -0.39 is 0 Å². The summed E-state index contributed by atoms with van der Waals surface area (Å²) in [5.41, 5.74) is -0.383. The van der Waals surface area contributed by atoms with E-state index in [0.29, 0.717) is 12.1 Å². The molecular formula is C16H29NO2. The zero-order chi connectivity index (χ0) is 14.0. The Morgan fingerprint density at radius 3 is 2.47 bits per heavy atom. The van der Waals surface area contributed by atoms with Crippen LogP contribution in [0.25, 0.3) is 0 Å². The van der Waals surface area contributed by atoms with Gasteiger partial charge >= 0.3 is 6.09 Å². The lowest BCUT2D eigenvalue weighted by Gasteiger charge is -2.53. The lowest BCUT2D eigenvalue weighted by Crippen LogP contribution is -2.59. The van der Waals surface area contributed by atoms with Crippen LogP contribution in [0.15, 0.2) is 0 Å². The van der Waals surface area contributed by atoms with Crippen LogP contribution in [0.5, 0.6) is 0 Å². The second-order valence-electron chi connectivity index (χ2n) is 7.26. The molecule has 3 nitrogen and oxygen atoms in total. The van der Waals surface area contributed by atoms with Crippen LogP contribution in [-0.2, 0) is 4.74 Å². The van der Waals surface area contributed by atoms with Crippen LogP contribution in [0, 0.1) is 5.92 Å². The van der Waals surface area contributed by atoms with Crippen molar-refractivity contribution < 1.29 is 9.53 Å². The monoisotopic (exact) mass is 267 g/mol. The molecule has 2 aliphatic heterocycles. The van der Waals surface area contributed by atoms with Gasteiger partial charge in [-0.3, -0.25) is 0 Å². The Hall–Kier alpha value is -0.730. The van der Waals surface area contributed by atoms with Gasteiger partial charge in [0.05, 0.1) is 0 Å². The number of piperidine rings is 2. The van der Waals surface area contributed by atoms with Gasteiger partial charge < -0.3 is 9.64 Å². The summed E-state index contributed by atoms with van der Waals surface area (Å²) >= 11 is 0. The van der Waals surface area contributed by atoms with Crippen molar-refractivity contribution in [2.45, 2.75) is 90.3 Å². The van der Waals surface area contributed by atoms with Crippen molar-refractivity contribution in [2.75, 3.05) is 0 Å². The maximum atomic E-state index is 12.4. The molecule has 1 saturated carbocycles. The van der Waals surface area contributed by atoms with E-state index in [4.69, 9.17) is 4.74 Å². The molecule has 19 heavy (non-hydrogen) atoms. The Morgan fingerprint density at radius 2 is 1.89 bits per heavy atom. The smallest absolute Gasteiger partial charge is 0.410 e. The molecule has 3 rings (SSSR count). The molecule has 2 heterocycles. The number of hydrogen-bond acceptors (Lipinski definition) is 2. The van der Waals surface area contributed by atoms with E-state index in [9.17, 15) is 4.79 Å². The number of hydrogen-bond donors (Lipinski definition) is 0. The predicted octanol–water partition coefficient (Wildman–Crippen LogP) is 4.35. The van der Waals surface area contributed by atoms with Crippen LogP contribution in [0.3, 0.4) is 0 Å². The van der Waals surface area contributed by atoms with Gasteiger partial charge in [-0.25, -0.2) is 4.79 Å². The summed E-state index contributed by atoms with van der Waals surface area (Å²) in [7, 11) is 0. The Balaban J connectivity index is 1.94. The Kier molecular flexibility index (Phi) is 4.42. The molecule has 2 bridgehead atoms. The third kappa shape index (κ3) is 3.64. The average molecular weight is 267 g/mol. The molecule has 1 aliphatic carbocycles. The van der Waals surface area contributed by atoms with Crippen LogP contribution in [0.4, 0.5) is 4.79 Å². The zero-order valence-electron chi connectivity index (χ0n) is 12.9. The lowest BCUT2D eigenvalue weighted by molar-refractivity contribution is -0.0537. The Bertz CT molecular complexity index is 315. The molecule has 0 spiro atoms. The minimum absolute atomic E-state index is 0.0860. The molecule has 1 atom stereocenters. The van der Waals surface area contributed by atoms with Crippen molar-refractivity contribution in [1.82, 2.24) is 4.90 Å². The molecule has 2 saturated heterocycles. The predicted molar refractivity (Wildman–Crippen MR) is 77.1 cm³/mol. The molecule has 3 aliphatic rings. The number of fused-ring (bicyclic) bond motifs is 2. The Labute approximate surface area is 117 Å². The van der Waals surface area contributed by atoms with E-state index in [1.165, 1.54) is 38.5 Å². The van der Waals surface area contributed by atoms with Gasteiger partial charge in [-0.2, -0.15) is 0 Å². The lowest BCUT2D eigenvalue weighted by atomic mass is 9.70. The summed E-state index contributed by atoms with van der Waals surface area (Å²) in [5.74, 6) is 0.871. The first kappa shape index (κ1) is 14.7. The number of rotatable bonds is 4. The van der Waals surface area contributed by atoms with Crippen molar-refractivity contribution in [1.29, 1.82) is 0 Å². The normalized spacial score (nSPS) is 29.9. The van der Waals surface area contributed by atoms with Gasteiger partial charge in [-0.15, -0.1) is 0 Å². The van der Waals surface area contributed by atoms with E-state index in [2.05, 4.69) is 11.8 Å². The molecule has 0 N–H and O–H groups in total. The van der Waals surface area contributed by atoms with E-state index in [-0.39, 0.29) is 11.7 Å². The van der Waals surface area contributed by atoms with Crippen LogP contribution in [-0.4, -0.2) is 28.7 Å². The van der Waals surface area contributed by atoms with E-state index in [1.807, 2.05) is 20.8 Å². The second kappa shape index (κ2) is 5.72. The average Bonchev–Trinajstić information content (AvgIpc) is 2.25. The first-order valence-electron chi connectivity index (χ1n) is 7.92. The Morgan fingerprint density at radius 1 is 1.21 bits per heavy atom. The number of amides is 1. The third-order valence-corrected chi connectivity index (χ3v) is 4.35. The highest BCUT2D eigenvalue weighted by atomic mass is 16.6. The van der Waals surface area contributed by atoms with Gasteiger partial charge in [0.25, 0.3) is 0 Å². The van der Waals surface area contributed by atoms with Gasteiger partial charge in [0.15, 0.2) is 0 Å². The van der Waals surface area contributed by atoms with Crippen molar-refractivity contribution in [3.05, 3.63) is 0 Å².